The van der Waals surface area contributed by atoms with E-state index >= 15 is 0 Å². The van der Waals surface area contributed by atoms with Crippen LogP contribution in [0.4, 0.5) is 5.82 Å². The maximum absolute atomic E-state index is 6.10. The summed E-state index contributed by atoms with van der Waals surface area (Å²) >= 11 is 1.54. The second kappa shape index (κ2) is 7.16. The van der Waals surface area contributed by atoms with E-state index in [0.717, 1.165) is 42.2 Å². The van der Waals surface area contributed by atoms with Crippen LogP contribution in [0.5, 0.6) is 5.88 Å². The quantitative estimate of drug-likeness (QED) is 0.660. The fourth-order valence-corrected chi connectivity index (χ4v) is 2.97. The summed E-state index contributed by atoms with van der Waals surface area (Å²) in [4.78, 5) is 8.88. The second-order valence-corrected chi connectivity index (χ2v) is 6.39. The molecule has 1 heterocycles. The van der Waals surface area contributed by atoms with Crippen LogP contribution in [0.15, 0.2) is 11.2 Å². The molecule has 0 aliphatic heterocycles. The van der Waals surface area contributed by atoms with E-state index in [4.69, 9.17) is 4.74 Å². The lowest BCUT2D eigenvalue weighted by Crippen LogP contribution is -2.29. The predicted octanol–water partition coefficient (Wildman–Crippen LogP) is 3.83. The molecule has 1 aromatic heterocycles. The summed E-state index contributed by atoms with van der Waals surface area (Å²) in [5, 5.41) is 3.99. The lowest BCUT2D eigenvalue weighted by molar-refractivity contribution is 0.0957. The molecule has 2 rings (SSSR count). The highest BCUT2D eigenvalue weighted by Gasteiger charge is 2.26. The monoisotopic (exact) mass is 295 g/mol. The summed E-state index contributed by atoms with van der Waals surface area (Å²) in [6.07, 6.45) is 5.77. The first kappa shape index (κ1) is 15.4. The first-order valence-corrected chi connectivity index (χ1v) is 8.68. The van der Waals surface area contributed by atoms with Crippen molar-refractivity contribution in [3.8, 4) is 5.88 Å². The molecule has 1 fully saturated rings. The predicted molar refractivity (Wildman–Crippen MR) is 84.6 cm³/mol. The van der Waals surface area contributed by atoms with Crippen molar-refractivity contribution in [1.82, 2.24) is 9.97 Å². The lowest BCUT2D eigenvalue weighted by atomic mass is 9.80. The number of hydrogen-bond donors (Lipinski definition) is 1. The Labute approximate surface area is 126 Å². The molecule has 0 spiro atoms. The summed E-state index contributed by atoms with van der Waals surface area (Å²) in [6, 6.07) is 1.91. The molecule has 3 unspecified atom stereocenters. The molecule has 1 N–H and O–H groups in total. The van der Waals surface area contributed by atoms with Gasteiger partial charge in [-0.3, -0.25) is 0 Å². The number of hydrogen-bond acceptors (Lipinski definition) is 5. The molecule has 0 amide bonds. The zero-order valence-corrected chi connectivity index (χ0v) is 13.7. The molecule has 0 bridgehead atoms. The molecule has 1 aromatic rings. The van der Waals surface area contributed by atoms with Crippen molar-refractivity contribution in [1.29, 1.82) is 0 Å². The van der Waals surface area contributed by atoms with Gasteiger partial charge in [-0.2, -0.15) is 4.98 Å². The summed E-state index contributed by atoms with van der Waals surface area (Å²) in [5.41, 5.74) is 0. The molecular formula is C15H25N3OS. The van der Waals surface area contributed by atoms with E-state index in [-0.39, 0.29) is 0 Å². The zero-order valence-electron chi connectivity index (χ0n) is 12.8. The van der Waals surface area contributed by atoms with Gasteiger partial charge in [-0.15, -0.1) is 0 Å². The van der Waals surface area contributed by atoms with E-state index in [1.165, 1.54) is 6.42 Å². The highest BCUT2D eigenvalue weighted by atomic mass is 32.2. The van der Waals surface area contributed by atoms with E-state index < -0.39 is 0 Å². The Hall–Kier alpha value is -0.970. The summed E-state index contributed by atoms with van der Waals surface area (Å²) in [7, 11) is 0. The molecule has 1 aliphatic carbocycles. The van der Waals surface area contributed by atoms with Gasteiger partial charge in [-0.25, -0.2) is 4.98 Å². The molecule has 3 atom stereocenters. The third-order valence-electron chi connectivity index (χ3n) is 4.06. The van der Waals surface area contributed by atoms with Crippen LogP contribution in [-0.2, 0) is 0 Å². The van der Waals surface area contributed by atoms with Crippen LogP contribution in [0.3, 0.4) is 0 Å². The first-order chi connectivity index (χ1) is 9.62. The smallest absolute Gasteiger partial charge is 0.219 e. The average molecular weight is 295 g/mol. The molecular weight excluding hydrogens is 270 g/mol. The minimum absolute atomic E-state index is 0.292. The highest BCUT2D eigenvalue weighted by Crippen LogP contribution is 2.32. The van der Waals surface area contributed by atoms with Gasteiger partial charge in [0.1, 0.15) is 11.9 Å². The van der Waals surface area contributed by atoms with Gasteiger partial charge in [0.2, 0.25) is 5.88 Å². The van der Waals surface area contributed by atoms with Gasteiger partial charge in [0.25, 0.3) is 0 Å². The number of aromatic nitrogens is 2. The highest BCUT2D eigenvalue weighted by molar-refractivity contribution is 7.98. The number of ether oxygens (including phenoxy) is 1. The molecule has 0 radical (unpaired) electrons. The van der Waals surface area contributed by atoms with Crippen molar-refractivity contribution < 1.29 is 4.74 Å². The Balaban J connectivity index is 2.06. The number of anilines is 1. The third kappa shape index (κ3) is 4.01. The largest absolute Gasteiger partial charge is 0.474 e. The van der Waals surface area contributed by atoms with Gasteiger partial charge in [0.05, 0.1) is 0 Å². The fourth-order valence-electron chi connectivity index (χ4n) is 2.60. The normalized spacial score (nSPS) is 26.3. The Morgan fingerprint density at radius 3 is 2.75 bits per heavy atom. The van der Waals surface area contributed by atoms with E-state index in [9.17, 15) is 0 Å². The zero-order chi connectivity index (χ0) is 14.5. The maximum Gasteiger partial charge on any atom is 0.219 e. The van der Waals surface area contributed by atoms with Gasteiger partial charge >= 0.3 is 0 Å². The van der Waals surface area contributed by atoms with Crippen LogP contribution in [0.1, 0.15) is 40.0 Å². The number of thioether (sulfide) groups is 1. The molecule has 5 heteroatoms. The summed E-state index contributed by atoms with van der Waals surface area (Å²) in [6.45, 7) is 7.56. The molecule has 20 heavy (non-hydrogen) atoms. The molecule has 0 saturated heterocycles. The van der Waals surface area contributed by atoms with Crippen molar-refractivity contribution in [2.45, 2.75) is 51.3 Å². The van der Waals surface area contributed by atoms with Gasteiger partial charge in [0.15, 0.2) is 5.16 Å². The van der Waals surface area contributed by atoms with Gasteiger partial charge in [0, 0.05) is 12.6 Å². The molecule has 1 saturated carbocycles. The fraction of sp³-hybridized carbons (Fsp3) is 0.733. The Bertz CT molecular complexity index is 441. The van der Waals surface area contributed by atoms with Gasteiger partial charge in [-0.05, 0) is 44.3 Å². The van der Waals surface area contributed by atoms with Crippen molar-refractivity contribution >= 4 is 17.6 Å². The van der Waals surface area contributed by atoms with Crippen LogP contribution in [-0.4, -0.2) is 28.9 Å². The Kier molecular flexibility index (Phi) is 5.52. The summed E-state index contributed by atoms with van der Waals surface area (Å²) in [5.74, 6) is 3.08. The van der Waals surface area contributed by atoms with Crippen molar-refractivity contribution in [2.24, 2.45) is 11.8 Å². The lowest BCUT2D eigenvalue weighted by Gasteiger charge is -2.31. The van der Waals surface area contributed by atoms with Crippen LogP contribution in [0.2, 0.25) is 0 Å². The topological polar surface area (TPSA) is 47.0 Å². The van der Waals surface area contributed by atoms with Crippen LogP contribution in [0.25, 0.3) is 0 Å². The van der Waals surface area contributed by atoms with E-state index in [2.05, 4.69) is 36.1 Å². The Morgan fingerprint density at radius 1 is 1.30 bits per heavy atom. The average Bonchev–Trinajstić information content (AvgIpc) is 2.43. The van der Waals surface area contributed by atoms with Crippen molar-refractivity contribution in [3.05, 3.63) is 6.07 Å². The van der Waals surface area contributed by atoms with Crippen molar-refractivity contribution in [3.63, 3.8) is 0 Å². The van der Waals surface area contributed by atoms with Gasteiger partial charge in [-0.1, -0.05) is 25.6 Å². The maximum atomic E-state index is 6.10. The van der Waals surface area contributed by atoms with E-state index in [0.29, 0.717) is 12.0 Å². The molecule has 4 nitrogen and oxygen atoms in total. The van der Waals surface area contributed by atoms with E-state index in [1.807, 2.05) is 12.3 Å². The van der Waals surface area contributed by atoms with Crippen LogP contribution < -0.4 is 10.1 Å². The van der Waals surface area contributed by atoms with Gasteiger partial charge < -0.3 is 10.1 Å². The van der Waals surface area contributed by atoms with Crippen molar-refractivity contribution in [2.75, 3.05) is 18.1 Å². The number of rotatable bonds is 5. The Morgan fingerprint density at radius 2 is 2.10 bits per heavy atom. The van der Waals surface area contributed by atoms with E-state index in [1.54, 1.807) is 11.8 Å². The molecule has 1 aliphatic rings. The minimum atomic E-state index is 0.292. The number of nitrogens with zero attached hydrogens (tertiary/aromatic N) is 2. The first-order valence-electron chi connectivity index (χ1n) is 7.46. The molecule has 112 valence electrons. The second-order valence-electron chi connectivity index (χ2n) is 5.62. The van der Waals surface area contributed by atoms with Crippen LogP contribution >= 0.6 is 11.8 Å². The molecule has 0 aromatic carbocycles. The van der Waals surface area contributed by atoms with Crippen LogP contribution in [0, 0.1) is 11.8 Å². The SMILES string of the molecule is CCNc1cc(OC2CCC(C)C(C)C2)nc(SC)n1. The third-order valence-corrected chi connectivity index (χ3v) is 4.61. The summed E-state index contributed by atoms with van der Waals surface area (Å²) < 4.78 is 6.10. The number of nitrogens with one attached hydrogen (secondary N) is 1. The minimum Gasteiger partial charge on any atom is -0.474 e. The standard InChI is InChI=1S/C15H25N3OS/c1-5-16-13-9-14(18-15(17-13)20-4)19-12-7-6-10(2)11(3)8-12/h9-12H,5-8H2,1-4H3,(H,16,17,18).